The van der Waals surface area contributed by atoms with Crippen LogP contribution in [0, 0.1) is 5.82 Å². The van der Waals surface area contributed by atoms with Crippen molar-refractivity contribution in [2.75, 3.05) is 5.32 Å². The number of halogens is 3. The molecule has 0 saturated carbocycles. The van der Waals surface area contributed by atoms with E-state index in [0.717, 1.165) is 0 Å². The van der Waals surface area contributed by atoms with Gasteiger partial charge in [0.05, 0.1) is 29.6 Å². The second-order valence-corrected chi connectivity index (χ2v) is 7.09. The van der Waals surface area contributed by atoms with E-state index in [4.69, 9.17) is 23.2 Å². The number of carbonyl (C=O) groups is 1. The van der Waals surface area contributed by atoms with Crippen LogP contribution in [0.15, 0.2) is 43.0 Å². The van der Waals surface area contributed by atoms with E-state index < -0.39 is 11.4 Å². The van der Waals surface area contributed by atoms with Crippen LogP contribution in [0.3, 0.4) is 0 Å². The molecule has 26 heavy (non-hydrogen) atoms. The molecule has 0 unspecified atom stereocenters. The molecule has 0 bridgehead atoms. The molecule has 0 aliphatic carbocycles. The summed E-state index contributed by atoms with van der Waals surface area (Å²) in [7, 11) is 0. The molecule has 1 aromatic carbocycles. The number of hydrogen-bond acceptors (Lipinski definition) is 3. The average Bonchev–Trinajstić information content (AvgIpc) is 3.20. The number of amides is 1. The SMILES string of the molecule is CC(C)(C(=O)Nc1cnn(Cc2c(F)cccc2Cl)c1)n1cc(Cl)cn1. The zero-order chi connectivity index (χ0) is 18.9. The standard InChI is InChI=1S/C17H16Cl2FN5O/c1-17(2,25-8-11(18)6-22-25)16(26)23-12-7-21-24(9-12)10-13-14(19)4-3-5-15(13)20/h3-9H,10H2,1-2H3,(H,23,26). The van der Waals surface area contributed by atoms with E-state index in [-0.39, 0.29) is 12.5 Å². The molecule has 136 valence electrons. The van der Waals surface area contributed by atoms with Crippen molar-refractivity contribution in [2.24, 2.45) is 0 Å². The monoisotopic (exact) mass is 395 g/mol. The van der Waals surface area contributed by atoms with Crippen LogP contribution in [0.5, 0.6) is 0 Å². The highest BCUT2D eigenvalue weighted by atomic mass is 35.5. The van der Waals surface area contributed by atoms with Crippen molar-refractivity contribution >= 4 is 34.8 Å². The highest BCUT2D eigenvalue weighted by Crippen LogP contribution is 2.22. The van der Waals surface area contributed by atoms with Gasteiger partial charge in [0.2, 0.25) is 0 Å². The van der Waals surface area contributed by atoms with E-state index in [1.165, 1.54) is 27.8 Å². The molecular weight excluding hydrogens is 380 g/mol. The maximum atomic E-state index is 13.9. The Balaban J connectivity index is 1.73. The predicted octanol–water partition coefficient (Wildman–Crippen LogP) is 3.95. The van der Waals surface area contributed by atoms with Gasteiger partial charge >= 0.3 is 0 Å². The molecule has 0 fully saturated rings. The van der Waals surface area contributed by atoms with E-state index in [9.17, 15) is 9.18 Å². The van der Waals surface area contributed by atoms with Crippen LogP contribution in [0.1, 0.15) is 19.4 Å². The molecule has 3 rings (SSSR count). The second-order valence-electron chi connectivity index (χ2n) is 6.24. The van der Waals surface area contributed by atoms with Gasteiger partial charge in [0.15, 0.2) is 0 Å². The molecular formula is C17H16Cl2FN5O. The van der Waals surface area contributed by atoms with Crippen molar-refractivity contribution in [1.82, 2.24) is 19.6 Å². The third kappa shape index (κ3) is 3.73. The first-order chi connectivity index (χ1) is 12.3. The zero-order valence-corrected chi connectivity index (χ0v) is 15.6. The van der Waals surface area contributed by atoms with Crippen LogP contribution in [-0.4, -0.2) is 25.5 Å². The Bertz CT molecular complexity index is 930. The molecule has 0 aliphatic heterocycles. The number of nitrogens with zero attached hydrogens (tertiary/aromatic N) is 4. The Morgan fingerprint density at radius 2 is 2.00 bits per heavy atom. The highest BCUT2D eigenvalue weighted by molar-refractivity contribution is 6.31. The van der Waals surface area contributed by atoms with Crippen molar-refractivity contribution < 1.29 is 9.18 Å². The summed E-state index contributed by atoms with van der Waals surface area (Å²) >= 11 is 11.9. The summed E-state index contributed by atoms with van der Waals surface area (Å²) in [6, 6.07) is 4.49. The van der Waals surface area contributed by atoms with E-state index >= 15 is 0 Å². The molecule has 6 nitrogen and oxygen atoms in total. The fourth-order valence-corrected chi connectivity index (χ4v) is 2.71. The summed E-state index contributed by atoms with van der Waals surface area (Å²) in [6.07, 6.45) is 6.13. The summed E-state index contributed by atoms with van der Waals surface area (Å²) < 4.78 is 16.9. The molecule has 0 spiro atoms. The first-order valence-electron chi connectivity index (χ1n) is 7.75. The minimum absolute atomic E-state index is 0.152. The molecule has 0 radical (unpaired) electrons. The Kier molecular flexibility index (Phi) is 5.02. The van der Waals surface area contributed by atoms with Crippen molar-refractivity contribution in [3.05, 3.63) is 64.4 Å². The smallest absolute Gasteiger partial charge is 0.251 e. The van der Waals surface area contributed by atoms with Gasteiger partial charge in [0, 0.05) is 23.0 Å². The van der Waals surface area contributed by atoms with Gasteiger partial charge in [-0.15, -0.1) is 0 Å². The van der Waals surface area contributed by atoms with Crippen molar-refractivity contribution in [2.45, 2.75) is 25.9 Å². The van der Waals surface area contributed by atoms with Crippen molar-refractivity contribution in [1.29, 1.82) is 0 Å². The maximum Gasteiger partial charge on any atom is 0.251 e. The number of anilines is 1. The summed E-state index contributed by atoms with van der Waals surface area (Å²) in [4.78, 5) is 12.6. The fourth-order valence-electron chi connectivity index (χ4n) is 2.35. The summed E-state index contributed by atoms with van der Waals surface area (Å²) in [5, 5.41) is 11.8. The lowest BCUT2D eigenvalue weighted by molar-refractivity contribution is -0.123. The van der Waals surface area contributed by atoms with E-state index in [1.54, 1.807) is 38.4 Å². The maximum absolute atomic E-state index is 13.9. The van der Waals surface area contributed by atoms with Crippen LogP contribution in [0.4, 0.5) is 10.1 Å². The molecule has 1 amide bonds. The Morgan fingerprint density at radius 3 is 2.65 bits per heavy atom. The van der Waals surface area contributed by atoms with Gasteiger partial charge in [-0.05, 0) is 26.0 Å². The molecule has 0 aliphatic rings. The predicted molar refractivity (Wildman–Crippen MR) is 97.9 cm³/mol. The Labute approximate surface area is 159 Å². The molecule has 0 atom stereocenters. The molecule has 2 aromatic heterocycles. The lowest BCUT2D eigenvalue weighted by Gasteiger charge is -2.23. The summed E-state index contributed by atoms with van der Waals surface area (Å²) in [5.41, 5.74) is -0.139. The average molecular weight is 396 g/mol. The van der Waals surface area contributed by atoms with Gasteiger partial charge in [-0.3, -0.25) is 14.2 Å². The minimum Gasteiger partial charge on any atom is -0.321 e. The van der Waals surface area contributed by atoms with Gasteiger partial charge in [0.1, 0.15) is 11.4 Å². The highest BCUT2D eigenvalue weighted by Gasteiger charge is 2.31. The Morgan fingerprint density at radius 1 is 1.23 bits per heavy atom. The van der Waals surface area contributed by atoms with Crippen LogP contribution in [-0.2, 0) is 16.9 Å². The Hall–Kier alpha value is -2.38. The minimum atomic E-state index is -0.954. The molecule has 9 heteroatoms. The molecule has 2 heterocycles. The number of hydrogen-bond donors (Lipinski definition) is 1. The quantitative estimate of drug-likeness (QED) is 0.711. The topological polar surface area (TPSA) is 64.7 Å². The normalized spacial score (nSPS) is 11.6. The molecule has 1 N–H and O–H groups in total. The van der Waals surface area contributed by atoms with E-state index in [1.807, 2.05) is 0 Å². The van der Waals surface area contributed by atoms with Gasteiger partial charge in [0.25, 0.3) is 5.91 Å². The first kappa shape index (κ1) is 18.4. The third-order valence-electron chi connectivity index (χ3n) is 3.95. The van der Waals surface area contributed by atoms with Crippen molar-refractivity contribution in [3.63, 3.8) is 0 Å². The molecule has 3 aromatic rings. The fraction of sp³-hybridized carbons (Fsp3) is 0.235. The van der Waals surface area contributed by atoms with Crippen LogP contribution < -0.4 is 5.32 Å². The summed E-state index contributed by atoms with van der Waals surface area (Å²) in [5.74, 6) is -0.698. The molecule has 0 saturated heterocycles. The second kappa shape index (κ2) is 7.09. The third-order valence-corrected chi connectivity index (χ3v) is 4.50. The van der Waals surface area contributed by atoms with Gasteiger partial charge in [-0.2, -0.15) is 10.2 Å². The van der Waals surface area contributed by atoms with Gasteiger partial charge in [-0.1, -0.05) is 29.3 Å². The lowest BCUT2D eigenvalue weighted by Crippen LogP contribution is -2.40. The van der Waals surface area contributed by atoms with Crippen molar-refractivity contribution in [3.8, 4) is 0 Å². The number of benzene rings is 1. The summed E-state index contributed by atoms with van der Waals surface area (Å²) in [6.45, 7) is 3.59. The number of aromatic nitrogens is 4. The number of nitrogens with one attached hydrogen (secondary N) is 1. The van der Waals surface area contributed by atoms with Crippen LogP contribution in [0.25, 0.3) is 0 Å². The first-order valence-corrected chi connectivity index (χ1v) is 8.50. The van der Waals surface area contributed by atoms with E-state index in [2.05, 4.69) is 15.5 Å². The van der Waals surface area contributed by atoms with Gasteiger partial charge < -0.3 is 5.32 Å². The van der Waals surface area contributed by atoms with E-state index in [0.29, 0.717) is 21.3 Å². The van der Waals surface area contributed by atoms with Crippen LogP contribution >= 0.6 is 23.2 Å². The zero-order valence-electron chi connectivity index (χ0n) is 14.1. The number of rotatable bonds is 5. The lowest BCUT2D eigenvalue weighted by atomic mass is 10.1. The largest absolute Gasteiger partial charge is 0.321 e. The van der Waals surface area contributed by atoms with Gasteiger partial charge in [-0.25, -0.2) is 4.39 Å². The van der Waals surface area contributed by atoms with Crippen LogP contribution in [0.2, 0.25) is 10.0 Å². The number of carbonyl (C=O) groups excluding carboxylic acids is 1.